The van der Waals surface area contributed by atoms with E-state index in [9.17, 15) is 18.8 Å². The lowest BCUT2D eigenvalue weighted by Crippen LogP contribution is -2.53. The Hall–Kier alpha value is -2.76. The molecule has 8 N–H and O–H groups in total. The van der Waals surface area contributed by atoms with Gasteiger partial charge in [0.25, 0.3) is 0 Å². The minimum absolute atomic E-state index is 0.0822. The number of aryl methyl sites for hydroxylation is 1. The summed E-state index contributed by atoms with van der Waals surface area (Å²) in [7, 11) is 0. The fourth-order valence-electron chi connectivity index (χ4n) is 3.59. The molecule has 2 rings (SSSR count). The second kappa shape index (κ2) is 15.5. The zero-order valence-electron chi connectivity index (χ0n) is 20.4. The molecule has 0 fully saturated rings. The van der Waals surface area contributed by atoms with E-state index in [1.165, 1.54) is 11.0 Å². The maximum absolute atomic E-state index is 13.9. The van der Waals surface area contributed by atoms with Gasteiger partial charge in [-0.2, -0.15) is 0 Å². The number of hydrogen-bond acceptors (Lipinski definition) is 6. The number of nitrogens with zero attached hydrogens (tertiary/aromatic N) is 1. The van der Waals surface area contributed by atoms with Gasteiger partial charge in [-0.1, -0.05) is 53.5 Å². The Morgan fingerprint density at radius 3 is 2.24 bits per heavy atom. The summed E-state index contributed by atoms with van der Waals surface area (Å²) < 4.78 is 13.9. The van der Waals surface area contributed by atoms with Crippen LogP contribution in [0.2, 0.25) is 10.0 Å². The van der Waals surface area contributed by atoms with Crippen molar-refractivity contribution in [1.82, 2.24) is 15.5 Å². The summed E-state index contributed by atoms with van der Waals surface area (Å²) in [4.78, 5) is 39.8. The minimum atomic E-state index is -1.18. The second-order valence-corrected chi connectivity index (χ2v) is 9.24. The number of carbonyl (C=O) groups excluding carboxylic acids is 3. The Morgan fingerprint density at radius 2 is 1.62 bits per heavy atom. The molecule has 0 aliphatic carbocycles. The monoisotopic (exact) mass is 554 g/mol. The minimum Gasteiger partial charge on any atom is -0.350 e. The molecule has 2 aromatic carbocycles. The van der Waals surface area contributed by atoms with E-state index in [4.69, 9.17) is 40.4 Å². The molecule has 2 atom stereocenters. The molecule has 0 unspecified atom stereocenters. The summed E-state index contributed by atoms with van der Waals surface area (Å²) in [5.74, 6) is -2.19. The maximum Gasteiger partial charge on any atom is 0.242 e. The number of benzene rings is 2. The predicted octanol–water partition coefficient (Wildman–Crippen LogP) is 1.33. The van der Waals surface area contributed by atoms with Gasteiger partial charge in [-0.15, -0.1) is 0 Å². The molecule has 0 aromatic heterocycles. The standard InChI is InChI=1S/C25H33Cl2FN6O3/c26-18-13-19(27)20(28)12-17(18)15-32-25(37)22(7-6-16-4-2-1-3-5-16)33-24(36)21(31)14-23(35)34(10-8-29)11-9-30/h1-5,12-13,21-22H,6-11,14-15,29-31H2,(H,32,37)(H,33,36)/t21-,22-/m0/s1. The highest BCUT2D eigenvalue weighted by molar-refractivity contribution is 6.35. The molecule has 0 spiro atoms. The van der Waals surface area contributed by atoms with Crippen LogP contribution in [0.5, 0.6) is 0 Å². The molecule has 202 valence electrons. The van der Waals surface area contributed by atoms with Crippen molar-refractivity contribution in [3.63, 3.8) is 0 Å². The topological polar surface area (TPSA) is 157 Å². The maximum atomic E-state index is 13.9. The summed E-state index contributed by atoms with van der Waals surface area (Å²) in [6.07, 6.45) is 0.487. The zero-order chi connectivity index (χ0) is 27.4. The van der Waals surface area contributed by atoms with Crippen molar-refractivity contribution in [2.24, 2.45) is 17.2 Å². The summed E-state index contributed by atoms with van der Waals surface area (Å²) >= 11 is 11.8. The van der Waals surface area contributed by atoms with Gasteiger partial charge >= 0.3 is 0 Å². The first kappa shape index (κ1) is 30.5. The van der Waals surface area contributed by atoms with Crippen molar-refractivity contribution < 1.29 is 18.8 Å². The lowest BCUT2D eigenvalue weighted by molar-refractivity contribution is -0.135. The van der Waals surface area contributed by atoms with E-state index in [-0.39, 0.29) is 48.4 Å². The normalized spacial score (nSPS) is 12.5. The van der Waals surface area contributed by atoms with Crippen molar-refractivity contribution >= 4 is 40.9 Å². The Kier molecular flexibility index (Phi) is 12.7. The van der Waals surface area contributed by atoms with Crippen LogP contribution in [0.25, 0.3) is 0 Å². The van der Waals surface area contributed by atoms with Gasteiger partial charge in [0.15, 0.2) is 0 Å². The number of nitrogens with one attached hydrogen (secondary N) is 2. The number of rotatable bonds is 14. The molecular formula is C25H33Cl2FN6O3. The summed E-state index contributed by atoms with van der Waals surface area (Å²) in [6.45, 7) is 0.995. The van der Waals surface area contributed by atoms with Crippen LogP contribution in [0.1, 0.15) is 24.0 Å². The Labute approximate surface area is 225 Å². The van der Waals surface area contributed by atoms with E-state index < -0.39 is 29.7 Å². The van der Waals surface area contributed by atoms with Crippen LogP contribution < -0.4 is 27.8 Å². The first-order valence-corrected chi connectivity index (χ1v) is 12.6. The number of hydrogen-bond donors (Lipinski definition) is 5. The third-order valence-electron chi connectivity index (χ3n) is 5.62. The van der Waals surface area contributed by atoms with Gasteiger partial charge in [-0.3, -0.25) is 14.4 Å². The van der Waals surface area contributed by atoms with Crippen LogP contribution in [0.15, 0.2) is 42.5 Å². The molecule has 12 heteroatoms. The fourth-order valence-corrected chi connectivity index (χ4v) is 4.04. The number of nitrogens with two attached hydrogens (primary N) is 3. The van der Waals surface area contributed by atoms with Gasteiger partial charge in [0, 0.05) is 37.7 Å². The molecule has 0 saturated carbocycles. The number of amides is 3. The average Bonchev–Trinajstić information content (AvgIpc) is 2.87. The third kappa shape index (κ3) is 9.90. The van der Waals surface area contributed by atoms with E-state index in [1.807, 2.05) is 30.3 Å². The Balaban J connectivity index is 2.08. The molecule has 0 aliphatic heterocycles. The zero-order valence-corrected chi connectivity index (χ0v) is 21.9. The lowest BCUT2D eigenvalue weighted by Gasteiger charge is -2.24. The smallest absolute Gasteiger partial charge is 0.242 e. The van der Waals surface area contributed by atoms with Crippen molar-refractivity contribution in [3.05, 3.63) is 69.5 Å². The largest absolute Gasteiger partial charge is 0.350 e. The van der Waals surface area contributed by atoms with Gasteiger partial charge in [0.05, 0.1) is 17.5 Å². The van der Waals surface area contributed by atoms with Gasteiger partial charge in [-0.25, -0.2) is 4.39 Å². The van der Waals surface area contributed by atoms with Crippen molar-refractivity contribution in [2.45, 2.75) is 37.9 Å². The first-order chi connectivity index (χ1) is 17.7. The van der Waals surface area contributed by atoms with E-state index in [1.54, 1.807) is 0 Å². The molecule has 37 heavy (non-hydrogen) atoms. The average molecular weight is 555 g/mol. The number of halogens is 3. The van der Waals surface area contributed by atoms with Crippen LogP contribution in [0.3, 0.4) is 0 Å². The van der Waals surface area contributed by atoms with E-state index in [0.717, 1.165) is 11.6 Å². The highest BCUT2D eigenvalue weighted by atomic mass is 35.5. The highest BCUT2D eigenvalue weighted by Gasteiger charge is 2.26. The van der Waals surface area contributed by atoms with Gasteiger partial charge < -0.3 is 32.7 Å². The van der Waals surface area contributed by atoms with Crippen molar-refractivity contribution in [3.8, 4) is 0 Å². The summed E-state index contributed by atoms with van der Waals surface area (Å²) in [5.41, 5.74) is 18.4. The Morgan fingerprint density at radius 1 is 0.973 bits per heavy atom. The molecule has 0 bridgehead atoms. The van der Waals surface area contributed by atoms with Gasteiger partial charge in [0.2, 0.25) is 17.7 Å². The quantitative estimate of drug-likeness (QED) is 0.222. The van der Waals surface area contributed by atoms with Crippen LogP contribution in [0.4, 0.5) is 4.39 Å². The van der Waals surface area contributed by atoms with Crippen LogP contribution in [0, 0.1) is 5.82 Å². The van der Waals surface area contributed by atoms with E-state index >= 15 is 0 Å². The molecular weight excluding hydrogens is 522 g/mol. The van der Waals surface area contributed by atoms with E-state index in [0.29, 0.717) is 25.1 Å². The SMILES string of the molecule is NCCN(CCN)C(=O)C[C@H](N)C(=O)N[C@@H](CCc1ccccc1)C(=O)NCc1cc(F)c(Cl)cc1Cl. The molecule has 3 amide bonds. The fraction of sp³-hybridized carbons (Fsp3) is 0.400. The van der Waals surface area contributed by atoms with Crippen LogP contribution in [-0.4, -0.2) is 60.9 Å². The van der Waals surface area contributed by atoms with Gasteiger partial charge in [-0.05, 0) is 36.1 Å². The Bertz CT molecular complexity index is 1050. The first-order valence-electron chi connectivity index (χ1n) is 11.8. The van der Waals surface area contributed by atoms with Crippen LogP contribution >= 0.6 is 23.2 Å². The van der Waals surface area contributed by atoms with E-state index in [2.05, 4.69) is 10.6 Å². The summed E-state index contributed by atoms with van der Waals surface area (Å²) in [5, 5.41) is 5.37. The molecule has 0 radical (unpaired) electrons. The molecule has 0 saturated heterocycles. The van der Waals surface area contributed by atoms with Gasteiger partial charge in [0.1, 0.15) is 11.9 Å². The molecule has 9 nitrogen and oxygen atoms in total. The molecule has 2 aromatic rings. The second-order valence-electron chi connectivity index (χ2n) is 8.43. The third-order valence-corrected chi connectivity index (χ3v) is 6.26. The van der Waals surface area contributed by atoms with Crippen molar-refractivity contribution in [1.29, 1.82) is 0 Å². The molecule has 0 heterocycles. The van der Waals surface area contributed by atoms with Crippen LogP contribution in [-0.2, 0) is 27.3 Å². The highest BCUT2D eigenvalue weighted by Crippen LogP contribution is 2.24. The number of carbonyl (C=O) groups is 3. The summed E-state index contributed by atoms with van der Waals surface area (Å²) in [6, 6.07) is 9.67. The predicted molar refractivity (Wildman–Crippen MR) is 142 cm³/mol. The molecule has 0 aliphatic rings. The van der Waals surface area contributed by atoms with Crippen molar-refractivity contribution in [2.75, 3.05) is 26.2 Å². The lowest BCUT2D eigenvalue weighted by atomic mass is 10.0.